The third-order valence-electron chi connectivity index (χ3n) is 6.31. The van der Waals surface area contributed by atoms with E-state index >= 15 is 0 Å². The van der Waals surface area contributed by atoms with Crippen molar-refractivity contribution >= 4 is 33.5 Å². The second kappa shape index (κ2) is 8.50. The van der Waals surface area contributed by atoms with Gasteiger partial charge >= 0.3 is 0 Å². The number of rotatable bonds is 5. The Kier molecular flexibility index (Phi) is 5.97. The summed E-state index contributed by atoms with van der Waals surface area (Å²) >= 11 is 6.12. The van der Waals surface area contributed by atoms with E-state index in [1.807, 2.05) is 24.3 Å². The first kappa shape index (κ1) is 21.0. The molecule has 1 saturated heterocycles. The van der Waals surface area contributed by atoms with Gasteiger partial charge in [-0.15, -0.1) is 0 Å². The van der Waals surface area contributed by atoms with Crippen molar-refractivity contribution in [2.24, 2.45) is 0 Å². The smallest absolute Gasteiger partial charge is 0.234 e. The maximum absolute atomic E-state index is 6.57. The van der Waals surface area contributed by atoms with Crippen LogP contribution >= 0.6 is 11.6 Å². The Labute approximate surface area is 188 Å². The lowest BCUT2D eigenvalue weighted by Crippen LogP contribution is -3.00. The van der Waals surface area contributed by atoms with Gasteiger partial charge in [0, 0.05) is 46.3 Å². The quantitative estimate of drug-likeness (QED) is 0.439. The van der Waals surface area contributed by atoms with Gasteiger partial charge in [-0.05, 0) is 31.2 Å². The normalized spacial score (nSPS) is 21.1. The van der Waals surface area contributed by atoms with Gasteiger partial charge in [0.05, 0.1) is 13.1 Å². The van der Waals surface area contributed by atoms with Crippen LogP contribution in [0, 0.1) is 0 Å². The summed E-state index contributed by atoms with van der Waals surface area (Å²) < 4.78 is 13.6. The highest BCUT2D eigenvalue weighted by Gasteiger charge is 2.42. The molecule has 3 aromatic carbocycles. The van der Waals surface area contributed by atoms with E-state index in [9.17, 15) is 0 Å². The molecule has 2 atom stereocenters. The van der Waals surface area contributed by atoms with Crippen molar-refractivity contribution in [1.82, 2.24) is 0 Å². The fourth-order valence-electron chi connectivity index (χ4n) is 4.73. The molecular formula is C25H25Cl2NO2. The van der Waals surface area contributed by atoms with Crippen molar-refractivity contribution in [3.05, 3.63) is 77.3 Å². The molecule has 1 fully saturated rings. The summed E-state index contributed by atoms with van der Waals surface area (Å²) in [6.45, 7) is 5.50. The van der Waals surface area contributed by atoms with Crippen LogP contribution in [0.4, 0.5) is 0 Å². The molecule has 3 nitrogen and oxygen atoms in total. The number of quaternary nitrogens is 1. The minimum atomic E-state index is 0. The highest BCUT2D eigenvalue weighted by molar-refractivity contribution is 6.31. The highest BCUT2D eigenvalue weighted by Crippen LogP contribution is 2.35. The molecule has 1 aromatic heterocycles. The van der Waals surface area contributed by atoms with Gasteiger partial charge in [0.1, 0.15) is 23.5 Å². The van der Waals surface area contributed by atoms with Gasteiger partial charge in [-0.2, -0.15) is 0 Å². The number of benzene rings is 3. The molecule has 0 aliphatic carbocycles. The number of nitrogens with zero attached hydrogens (tertiary/aromatic N) is 1. The molecule has 0 N–H and O–H groups in total. The summed E-state index contributed by atoms with van der Waals surface area (Å²) in [6.07, 6.45) is 2.43. The Morgan fingerprint density at radius 2 is 1.73 bits per heavy atom. The Balaban J connectivity index is 0.00000218. The number of halogens is 2. The molecule has 0 bridgehead atoms. The molecule has 0 radical (unpaired) electrons. The zero-order valence-corrected chi connectivity index (χ0v) is 18.5. The molecule has 2 unspecified atom stereocenters. The van der Waals surface area contributed by atoms with Crippen LogP contribution in [0.2, 0.25) is 5.02 Å². The fraction of sp³-hybridized carbons (Fsp3) is 0.280. The Morgan fingerprint density at radius 1 is 1.00 bits per heavy atom. The van der Waals surface area contributed by atoms with Crippen LogP contribution in [0.1, 0.15) is 25.3 Å². The van der Waals surface area contributed by atoms with E-state index in [2.05, 4.69) is 49.4 Å². The first-order valence-corrected chi connectivity index (χ1v) is 10.7. The fourth-order valence-corrected chi connectivity index (χ4v) is 4.89. The molecule has 156 valence electrons. The zero-order valence-electron chi connectivity index (χ0n) is 17.0. The minimum Gasteiger partial charge on any atom is -1.00 e. The zero-order chi connectivity index (χ0) is 19.8. The third kappa shape index (κ3) is 3.78. The van der Waals surface area contributed by atoms with Crippen molar-refractivity contribution in [2.45, 2.75) is 32.5 Å². The standard InChI is InChI=1S/C25H25ClNO2.ClH/c1-2-27(17-18-7-4-3-5-8-18)14-6-9-25(27)28-20-11-13-22-21-12-10-19(26)15-23(21)29-24(22)16-20;/h3-5,7-8,10-13,15-16,25H,2,6,9,14,17H2,1H3;1H/q+1;/p-1. The molecule has 0 saturated carbocycles. The molecule has 1 aliphatic heterocycles. The largest absolute Gasteiger partial charge is 1.00 e. The lowest BCUT2D eigenvalue weighted by molar-refractivity contribution is -0.966. The van der Waals surface area contributed by atoms with Gasteiger partial charge in [0.15, 0.2) is 0 Å². The number of furan rings is 1. The molecule has 0 amide bonds. The lowest BCUT2D eigenvalue weighted by atomic mass is 10.1. The minimum absolute atomic E-state index is 0. The van der Waals surface area contributed by atoms with Gasteiger partial charge in [-0.1, -0.05) is 41.9 Å². The van der Waals surface area contributed by atoms with Gasteiger partial charge in [-0.3, -0.25) is 4.48 Å². The summed E-state index contributed by atoms with van der Waals surface area (Å²) in [6, 6.07) is 22.7. The van der Waals surface area contributed by atoms with Crippen LogP contribution in [0.3, 0.4) is 0 Å². The third-order valence-corrected chi connectivity index (χ3v) is 6.55. The van der Waals surface area contributed by atoms with Crippen LogP contribution in [-0.4, -0.2) is 23.8 Å². The van der Waals surface area contributed by atoms with Gasteiger partial charge in [0.2, 0.25) is 6.23 Å². The molecule has 2 heterocycles. The Bertz CT molecular complexity index is 1160. The van der Waals surface area contributed by atoms with E-state index in [1.165, 1.54) is 12.0 Å². The van der Waals surface area contributed by atoms with E-state index in [0.29, 0.717) is 5.02 Å². The first-order chi connectivity index (χ1) is 14.2. The van der Waals surface area contributed by atoms with Gasteiger partial charge in [0.25, 0.3) is 0 Å². The summed E-state index contributed by atoms with van der Waals surface area (Å²) in [5.41, 5.74) is 3.03. The summed E-state index contributed by atoms with van der Waals surface area (Å²) in [5, 5.41) is 2.86. The molecule has 5 rings (SSSR count). The molecule has 30 heavy (non-hydrogen) atoms. The molecule has 0 spiro atoms. The van der Waals surface area contributed by atoms with Gasteiger partial charge < -0.3 is 21.6 Å². The second-order valence-electron chi connectivity index (χ2n) is 8.02. The van der Waals surface area contributed by atoms with Crippen molar-refractivity contribution in [3.63, 3.8) is 0 Å². The average molecular weight is 442 g/mol. The summed E-state index contributed by atoms with van der Waals surface area (Å²) in [7, 11) is 0. The number of likely N-dealkylation sites (tertiary alicyclic amines) is 1. The Hall–Kier alpha value is -2.20. The molecule has 5 heteroatoms. The second-order valence-corrected chi connectivity index (χ2v) is 8.45. The van der Waals surface area contributed by atoms with Crippen molar-refractivity contribution < 1.29 is 26.0 Å². The van der Waals surface area contributed by atoms with E-state index < -0.39 is 0 Å². The first-order valence-electron chi connectivity index (χ1n) is 10.3. The number of fused-ring (bicyclic) bond motifs is 3. The number of ether oxygens (including phenoxy) is 1. The van der Waals surface area contributed by atoms with Crippen LogP contribution in [0.15, 0.2) is 71.1 Å². The van der Waals surface area contributed by atoms with Crippen molar-refractivity contribution in [3.8, 4) is 5.75 Å². The van der Waals surface area contributed by atoms with E-state index in [-0.39, 0.29) is 18.6 Å². The van der Waals surface area contributed by atoms with E-state index in [0.717, 1.165) is 58.2 Å². The summed E-state index contributed by atoms with van der Waals surface area (Å²) in [4.78, 5) is 0. The monoisotopic (exact) mass is 441 g/mol. The number of hydrogen-bond donors (Lipinski definition) is 0. The molecule has 4 aromatic rings. The maximum atomic E-state index is 6.57. The molecular weight excluding hydrogens is 417 g/mol. The SMILES string of the molecule is CC[N+]1(Cc2ccccc2)CCCC1Oc1ccc2c(c1)oc1cc(Cl)ccc12.[Cl-]. The predicted molar refractivity (Wildman–Crippen MR) is 118 cm³/mol. The molecule has 1 aliphatic rings. The number of hydrogen-bond acceptors (Lipinski definition) is 2. The van der Waals surface area contributed by atoms with Crippen LogP contribution in [0.5, 0.6) is 5.75 Å². The lowest BCUT2D eigenvalue weighted by Gasteiger charge is -2.38. The summed E-state index contributed by atoms with van der Waals surface area (Å²) in [5.74, 6) is 0.874. The van der Waals surface area contributed by atoms with Crippen LogP contribution in [-0.2, 0) is 6.54 Å². The average Bonchev–Trinajstić information content (AvgIpc) is 3.29. The van der Waals surface area contributed by atoms with Gasteiger partial charge in [-0.25, -0.2) is 0 Å². The van der Waals surface area contributed by atoms with Crippen molar-refractivity contribution in [1.29, 1.82) is 0 Å². The highest BCUT2D eigenvalue weighted by atomic mass is 35.5. The van der Waals surface area contributed by atoms with Crippen LogP contribution in [0.25, 0.3) is 21.9 Å². The van der Waals surface area contributed by atoms with E-state index in [4.69, 9.17) is 20.8 Å². The topological polar surface area (TPSA) is 22.4 Å². The maximum Gasteiger partial charge on any atom is 0.234 e. The van der Waals surface area contributed by atoms with Crippen LogP contribution < -0.4 is 17.1 Å². The Morgan fingerprint density at radius 3 is 2.50 bits per heavy atom. The van der Waals surface area contributed by atoms with Crippen molar-refractivity contribution in [2.75, 3.05) is 13.1 Å². The predicted octanol–water partition coefficient (Wildman–Crippen LogP) is 3.78. The van der Waals surface area contributed by atoms with E-state index in [1.54, 1.807) is 0 Å².